The van der Waals surface area contributed by atoms with Crippen molar-refractivity contribution >= 4 is 0 Å². The number of fused-ring (bicyclic) bond motifs is 1. The van der Waals surface area contributed by atoms with Crippen LogP contribution < -0.4 is 14.8 Å². The van der Waals surface area contributed by atoms with Gasteiger partial charge in [-0.2, -0.15) is 0 Å². The summed E-state index contributed by atoms with van der Waals surface area (Å²) < 4.78 is 13.5. The number of ether oxygens (including phenoxy) is 2. The summed E-state index contributed by atoms with van der Waals surface area (Å²) in [7, 11) is 1.66. The summed E-state index contributed by atoms with van der Waals surface area (Å²) in [4.78, 5) is 5.03. The molecule has 1 N–H and O–H groups in total. The van der Waals surface area contributed by atoms with Crippen LogP contribution in [0.25, 0.3) is 16.9 Å². The quantitative estimate of drug-likeness (QED) is 0.339. The van der Waals surface area contributed by atoms with Crippen molar-refractivity contribution in [2.45, 2.75) is 39.2 Å². The molecule has 0 atom stereocenters. The number of unbranched alkanes of at least 4 members (excludes halogenated alkanes) is 1. The molecule has 1 aliphatic rings. The van der Waals surface area contributed by atoms with E-state index in [0.717, 1.165) is 73.1 Å². The average molecular weight is 454 g/mol. The molecule has 0 saturated carbocycles. The third-order valence-electron chi connectivity index (χ3n) is 6.33. The summed E-state index contributed by atoms with van der Waals surface area (Å²) in [5.74, 6) is 3.50. The van der Waals surface area contributed by atoms with Gasteiger partial charge < -0.3 is 19.4 Å². The van der Waals surface area contributed by atoms with Crippen LogP contribution in [0.2, 0.25) is 0 Å². The molecule has 0 amide bonds. The summed E-state index contributed by atoms with van der Waals surface area (Å²) in [6.45, 7) is 4.21. The zero-order valence-corrected chi connectivity index (χ0v) is 19.9. The molecule has 4 aromatic rings. The normalized spacial score (nSPS) is 12.9. The van der Waals surface area contributed by atoms with Gasteiger partial charge >= 0.3 is 0 Å². The molecule has 34 heavy (non-hydrogen) atoms. The highest BCUT2D eigenvalue weighted by Gasteiger charge is 2.14. The van der Waals surface area contributed by atoms with Crippen LogP contribution in [0.15, 0.2) is 72.9 Å². The van der Waals surface area contributed by atoms with E-state index in [2.05, 4.69) is 53.3 Å². The van der Waals surface area contributed by atoms with Crippen LogP contribution in [0.3, 0.4) is 0 Å². The molecule has 0 bridgehead atoms. The summed E-state index contributed by atoms with van der Waals surface area (Å²) in [5.41, 5.74) is 6.09. The van der Waals surface area contributed by atoms with Gasteiger partial charge in [0.05, 0.1) is 12.8 Å². The smallest absolute Gasteiger partial charge is 0.127 e. The first kappa shape index (κ1) is 22.2. The van der Waals surface area contributed by atoms with E-state index >= 15 is 0 Å². The second-order valence-electron chi connectivity index (χ2n) is 8.70. The van der Waals surface area contributed by atoms with Crippen molar-refractivity contribution in [3.63, 3.8) is 0 Å². The number of methoxy groups -OCH3 is 1. The van der Waals surface area contributed by atoms with Gasteiger partial charge in [-0.05, 0) is 91.2 Å². The number of hydrogen-bond donors (Lipinski definition) is 1. The van der Waals surface area contributed by atoms with Crippen molar-refractivity contribution in [3.05, 3.63) is 89.9 Å². The lowest BCUT2D eigenvalue weighted by Gasteiger charge is -2.18. The third-order valence-corrected chi connectivity index (χ3v) is 6.33. The highest BCUT2D eigenvalue weighted by molar-refractivity contribution is 5.61. The first-order chi connectivity index (χ1) is 16.7. The number of nitrogens with one attached hydrogen (secondary N) is 1. The Balaban J connectivity index is 1.40. The van der Waals surface area contributed by atoms with Crippen molar-refractivity contribution in [2.24, 2.45) is 0 Å². The van der Waals surface area contributed by atoms with E-state index in [4.69, 9.17) is 14.5 Å². The fraction of sp³-hybridized carbons (Fsp3) is 0.276. The summed E-state index contributed by atoms with van der Waals surface area (Å²) in [5, 5.41) is 3.48. The minimum atomic E-state index is 0.779. The predicted molar refractivity (Wildman–Crippen MR) is 136 cm³/mol. The summed E-state index contributed by atoms with van der Waals surface area (Å²) in [6.07, 6.45) is 6.50. The Hall–Kier alpha value is -3.57. The van der Waals surface area contributed by atoms with Gasteiger partial charge in [-0.15, -0.1) is 0 Å². The van der Waals surface area contributed by atoms with E-state index in [1.54, 1.807) is 7.11 Å². The molecule has 0 saturated heterocycles. The molecule has 1 aliphatic heterocycles. The molecule has 0 unspecified atom stereocenters. The van der Waals surface area contributed by atoms with Crippen molar-refractivity contribution in [1.29, 1.82) is 0 Å². The third kappa shape index (κ3) is 4.85. The van der Waals surface area contributed by atoms with Crippen LogP contribution in [0.5, 0.6) is 17.2 Å². The zero-order valence-electron chi connectivity index (χ0n) is 19.9. The first-order valence-electron chi connectivity index (χ1n) is 12.1. The number of hydrogen-bond acceptors (Lipinski definition) is 4. The fourth-order valence-corrected chi connectivity index (χ4v) is 4.38. The largest absolute Gasteiger partial charge is 0.497 e. The lowest BCUT2D eigenvalue weighted by atomic mass is 10.0. The molecule has 0 radical (unpaired) electrons. The molecular weight excluding hydrogens is 422 g/mol. The first-order valence-corrected chi connectivity index (χ1v) is 12.1. The average Bonchev–Trinajstić information content (AvgIpc) is 3.32. The number of imidazole rings is 1. The van der Waals surface area contributed by atoms with E-state index in [1.165, 1.54) is 16.8 Å². The molecule has 5 nitrogen and oxygen atoms in total. The van der Waals surface area contributed by atoms with Gasteiger partial charge in [-0.25, -0.2) is 4.98 Å². The monoisotopic (exact) mass is 453 g/mol. The van der Waals surface area contributed by atoms with Gasteiger partial charge in [0.15, 0.2) is 0 Å². The van der Waals surface area contributed by atoms with E-state index < -0.39 is 0 Å². The minimum Gasteiger partial charge on any atom is -0.497 e. The number of benzene rings is 3. The molecule has 5 heteroatoms. The number of aromatic nitrogens is 2. The van der Waals surface area contributed by atoms with E-state index in [9.17, 15) is 0 Å². The number of aryl methyl sites for hydroxylation is 1. The van der Waals surface area contributed by atoms with Crippen LogP contribution in [-0.2, 0) is 19.4 Å². The molecular formula is C29H31N3O2. The maximum atomic E-state index is 5.99. The Morgan fingerprint density at radius 3 is 2.38 bits per heavy atom. The lowest BCUT2D eigenvalue weighted by Crippen LogP contribution is -2.23. The molecule has 3 aromatic carbocycles. The predicted octanol–water partition coefficient (Wildman–Crippen LogP) is 6.33. The van der Waals surface area contributed by atoms with Crippen LogP contribution in [-0.4, -0.2) is 23.2 Å². The van der Waals surface area contributed by atoms with E-state index in [1.807, 2.05) is 36.4 Å². The fourth-order valence-electron chi connectivity index (χ4n) is 4.38. The van der Waals surface area contributed by atoms with Crippen molar-refractivity contribution in [1.82, 2.24) is 14.9 Å². The van der Waals surface area contributed by atoms with Crippen LogP contribution in [0, 0.1) is 0 Å². The van der Waals surface area contributed by atoms with Gasteiger partial charge in [0.25, 0.3) is 0 Å². The van der Waals surface area contributed by atoms with Crippen molar-refractivity contribution in [2.75, 3.05) is 13.7 Å². The minimum absolute atomic E-state index is 0.779. The Morgan fingerprint density at radius 2 is 1.65 bits per heavy atom. The number of nitrogens with zero attached hydrogens (tertiary/aromatic N) is 2. The second-order valence-corrected chi connectivity index (χ2v) is 8.70. The topological polar surface area (TPSA) is 48.3 Å². The molecule has 5 rings (SSSR count). The van der Waals surface area contributed by atoms with Crippen molar-refractivity contribution in [3.8, 4) is 34.2 Å². The zero-order chi connectivity index (χ0) is 23.3. The van der Waals surface area contributed by atoms with Crippen LogP contribution in [0.1, 0.15) is 36.7 Å². The summed E-state index contributed by atoms with van der Waals surface area (Å²) in [6, 6.07) is 22.6. The molecule has 1 aromatic heterocycles. The van der Waals surface area contributed by atoms with E-state index in [-0.39, 0.29) is 0 Å². The Bertz CT molecular complexity index is 1240. The Labute approximate surface area is 201 Å². The molecule has 2 heterocycles. The molecule has 0 fully saturated rings. The second kappa shape index (κ2) is 10.1. The standard InChI is InChI=1S/C29H31N3O2/c1-3-4-5-29-31-28(20-32(29)24-9-6-21-16-17-30-19-23(21)18-24)22-7-10-26(11-8-22)34-27-14-12-25(33-2)13-15-27/h6-15,18,20,30H,3-5,16-17,19H2,1-2H3. The van der Waals surface area contributed by atoms with E-state index in [0.29, 0.717) is 0 Å². The maximum Gasteiger partial charge on any atom is 0.127 e. The Morgan fingerprint density at radius 1 is 0.912 bits per heavy atom. The van der Waals surface area contributed by atoms with Crippen LogP contribution in [0.4, 0.5) is 0 Å². The van der Waals surface area contributed by atoms with Crippen molar-refractivity contribution < 1.29 is 9.47 Å². The maximum absolute atomic E-state index is 5.99. The summed E-state index contributed by atoms with van der Waals surface area (Å²) >= 11 is 0. The number of rotatable bonds is 8. The van der Waals surface area contributed by atoms with Gasteiger partial charge in [-0.1, -0.05) is 19.4 Å². The van der Waals surface area contributed by atoms with Gasteiger partial charge in [0.2, 0.25) is 0 Å². The van der Waals surface area contributed by atoms with Crippen LogP contribution >= 0.6 is 0 Å². The SMILES string of the molecule is CCCCc1nc(-c2ccc(Oc3ccc(OC)cc3)cc2)cn1-c1ccc2c(c1)CNCC2. The molecule has 174 valence electrons. The van der Waals surface area contributed by atoms with Gasteiger partial charge in [0, 0.05) is 30.4 Å². The Kier molecular flexibility index (Phi) is 6.63. The highest BCUT2D eigenvalue weighted by Crippen LogP contribution is 2.28. The van der Waals surface area contributed by atoms with Gasteiger partial charge in [-0.3, -0.25) is 0 Å². The molecule has 0 aliphatic carbocycles. The van der Waals surface area contributed by atoms with Gasteiger partial charge in [0.1, 0.15) is 23.1 Å². The lowest BCUT2D eigenvalue weighted by molar-refractivity contribution is 0.413. The molecule has 0 spiro atoms. The highest BCUT2D eigenvalue weighted by atomic mass is 16.5.